The Morgan fingerprint density at radius 3 is 1.08 bits per heavy atom. The fourth-order valence-electron chi connectivity index (χ4n) is 3.22. The monoisotopic (exact) mass is 782 g/mol. The topological polar surface area (TPSA) is 190 Å². The molecule has 6 rings (SSSR count). The number of non-ortho nitro benzene ring substituents is 2. The molecule has 0 atom stereocenters. The van der Waals surface area contributed by atoms with E-state index in [0.717, 1.165) is 0 Å². The minimum absolute atomic E-state index is 0. The first-order valence-corrected chi connectivity index (χ1v) is 14.2. The van der Waals surface area contributed by atoms with E-state index in [4.69, 9.17) is 0 Å². The summed E-state index contributed by atoms with van der Waals surface area (Å²) in [5.74, 6) is -0.990. The number of benzene rings is 4. The summed E-state index contributed by atoms with van der Waals surface area (Å²) in [7, 11) is 0. The zero-order valence-corrected chi connectivity index (χ0v) is 27.7. The Hall–Kier alpha value is -6.70. The molecule has 51 heavy (non-hydrogen) atoms. The van der Waals surface area contributed by atoms with Gasteiger partial charge in [0.15, 0.2) is 0 Å². The smallest absolute Gasteiger partial charge is 0.350 e. The minimum atomic E-state index is -0.509. The average Bonchev–Trinajstić information content (AvgIpc) is 3.16. The van der Waals surface area contributed by atoms with Crippen molar-refractivity contribution in [3.63, 3.8) is 0 Å². The Balaban J connectivity index is 0.000000263. The molecule has 6 aromatic rings. The van der Waals surface area contributed by atoms with E-state index in [9.17, 15) is 29.0 Å². The van der Waals surface area contributed by atoms with Crippen LogP contribution in [0.1, 0.15) is 0 Å². The summed E-state index contributed by atoms with van der Waals surface area (Å²) in [5, 5.41) is 35.1. The van der Waals surface area contributed by atoms with Gasteiger partial charge < -0.3 is 21.1 Å². The van der Waals surface area contributed by atoms with Gasteiger partial charge in [0.05, 0.1) is 9.85 Å². The minimum Gasteiger partial charge on any atom is -0.350 e. The predicted octanol–water partition coefficient (Wildman–Crippen LogP) is 11.0. The summed E-state index contributed by atoms with van der Waals surface area (Å²) in [5.41, 5.74) is 8.29. The Kier molecular flexibility index (Phi) is 18.7. The molecule has 0 amide bonds. The van der Waals surface area contributed by atoms with Crippen LogP contribution in [0.4, 0.5) is 42.9 Å². The second kappa shape index (κ2) is 23.6. The molecule has 0 N–H and O–H groups in total. The maximum absolute atomic E-state index is 13.2. The molecular weight excluding hydrogens is 757 g/mol. The van der Waals surface area contributed by atoms with E-state index < -0.39 is 21.5 Å². The van der Waals surface area contributed by atoms with Crippen molar-refractivity contribution in [3.05, 3.63) is 201 Å². The first-order chi connectivity index (χ1) is 24.3. The fraction of sp³-hybridized carbons (Fsp3) is 0. The molecule has 0 fully saturated rings. The maximum Gasteiger partial charge on any atom is 2.00 e. The van der Waals surface area contributed by atoms with E-state index in [1.165, 1.54) is 72.8 Å². The van der Waals surface area contributed by atoms with Gasteiger partial charge in [-0.15, -0.1) is 0 Å². The summed E-state index contributed by atoms with van der Waals surface area (Å²) < 4.78 is 26.4. The van der Waals surface area contributed by atoms with Gasteiger partial charge in [0, 0.05) is 60.4 Å². The van der Waals surface area contributed by atoms with Gasteiger partial charge in [-0.25, -0.2) is 8.78 Å². The van der Waals surface area contributed by atoms with Crippen molar-refractivity contribution in [2.75, 3.05) is 0 Å². The van der Waals surface area contributed by atoms with Crippen molar-refractivity contribution < 1.29 is 39.1 Å². The summed E-state index contributed by atoms with van der Waals surface area (Å²) >= 11 is 0. The second-order valence-corrected chi connectivity index (χ2v) is 9.08. The van der Waals surface area contributed by atoms with Crippen molar-refractivity contribution in [2.24, 2.45) is 20.7 Å². The van der Waals surface area contributed by atoms with E-state index in [1.54, 1.807) is 49.1 Å². The molecule has 0 aliphatic carbocycles. The van der Waals surface area contributed by atoms with Gasteiger partial charge in [0.1, 0.15) is 11.6 Å². The molecule has 4 aromatic carbocycles. The number of hydrogen-bond donors (Lipinski definition) is 0. The zero-order chi connectivity index (χ0) is 35.8. The molecule has 14 nitrogen and oxygen atoms in total. The van der Waals surface area contributed by atoms with Crippen LogP contribution in [-0.2, 0) is 20.4 Å². The number of pyridine rings is 2. The second-order valence-electron chi connectivity index (χ2n) is 9.08. The maximum atomic E-state index is 13.2. The van der Waals surface area contributed by atoms with Gasteiger partial charge in [0.25, 0.3) is 11.4 Å². The van der Waals surface area contributed by atoms with Gasteiger partial charge in [0.2, 0.25) is 0 Å². The predicted molar refractivity (Wildman–Crippen MR) is 183 cm³/mol. The van der Waals surface area contributed by atoms with E-state index >= 15 is 0 Å². The largest absolute Gasteiger partial charge is 2.00 e. The molecule has 17 heteroatoms. The quantitative estimate of drug-likeness (QED) is 0.0638. The standard InChI is InChI=1S/2C12H8FN4O2.2C5H5N.Pd/c2*13-11-3-1-2-4-12(11)15-16-14-9-5-7-10(8-6-9)17(18)19;2*1-2-4-6-5-3-1;/h2*1-8H;2*1-5H;/q2*-1;;;+2. The number of nitro groups is 2. The van der Waals surface area contributed by atoms with E-state index in [-0.39, 0.29) is 43.2 Å². The van der Waals surface area contributed by atoms with Crippen LogP contribution in [0.15, 0.2) is 179 Å². The number of aromatic nitrogens is 2. The van der Waals surface area contributed by atoms with Crippen molar-refractivity contribution in [2.45, 2.75) is 0 Å². The molecular formula is C34H26F2N10O4Pd. The Morgan fingerprint density at radius 1 is 0.490 bits per heavy atom. The SMILES string of the molecule is O=[N+]([O-])c1ccc([N-]N=Nc2ccccc2F)cc1.O=[N+]([O-])c1ccc([N-]N=Nc2ccccc2F)cc1.[Pd+2].c1ccncc1.c1ccncc1. The number of rotatable bonds is 8. The molecule has 0 unspecified atom stereocenters. The van der Waals surface area contributed by atoms with E-state index in [0.29, 0.717) is 11.4 Å². The van der Waals surface area contributed by atoms with Crippen LogP contribution in [0.3, 0.4) is 0 Å². The first-order valence-electron chi connectivity index (χ1n) is 14.2. The Labute approximate surface area is 304 Å². The van der Waals surface area contributed by atoms with Gasteiger partial charge in [-0.05, 0) is 47.8 Å². The normalized spacial score (nSPS) is 9.76. The summed E-state index contributed by atoms with van der Waals surface area (Å²) in [6.07, 6.45) is 7.00. The Bertz CT molecular complexity index is 1750. The van der Waals surface area contributed by atoms with Crippen LogP contribution < -0.4 is 0 Å². The third-order valence-corrected chi connectivity index (χ3v) is 5.58. The Morgan fingerprint density at radius 2 is 0.824 bits per heavy atom. The van der Waals surface area contributed by atoms with Crippen molar-refractivity contribution >= 4 is 34.1 Å². The van der Waals surface area contributed by atoms with Crippen LogP contribution in [0, 0.1) is 31.9 Å². The number of hydrogen-bond acceptors (Lipinski definition) is 10. The average molecular weight is 783 g/mol. The number of nitro benzene ring substituents is 2. The van der Waals surface area contributed by atoms with Crippen LogP contribution in [0.25, 0.3) is 10.9 Å². The summed E-state index contributed by atoms with van der Waals surface area (Å²) in [6, 6.07) is 34.2. The van der Waals surface area contributed by atoms with Crippen molar-refractivity contribution in [1.29, 1.82) is 0 Å². The van der Waals surface area contributed by atoms with Crippen molar-refractivity contribution in [1.82, 2.24) is 9.97 Å². The molecule has 0 bridgehead atoms. The molecule has 0 radical (unpaired) electrons. The van der Waals surface area contributed by atoms with E-state index in [1.807, 2.05) is 36.4 Å². The van der Waals surface area contributed by atoms with Crippen LogP contribution in [0.5, 0.6) is 0 Å². The third kappa shape index (κ3) is 16.3. The molecule has 0 saturated heterocycles. The molecule has 0 aliphatic rings. The number of nitrogens with zero attached hydrogens (tertiary/aromatic N) is 10. The molecule has 2 heterocycles. The molecule has 2 aromatic heterocycles. The third-order valence-electron chi connectivity index (χ3n) is 5.58. The van der Waals surface area contributed by atoms with Gasteiger partial charge in [-0.2, -0.15) is 0 Å². The van der Waals surface area contributed by atoms with Crippen molar-refractivity contribution in [3.8, 4) is 0 Å². The number of halogens is 2. The van der Waals surface area contributed by atoms with Gasteiger partial charge >= 0.3 is 20.4 Å². The van der Waals surface area contributed by atoms with Crippen LogP contribution in [0.2, 0.25) is 0 Å². The molecule has 0 spiro atoms. The fourth-order valence-corrected chi connectivity index (χ4v) is 3.22. The van der Waals surface area contributed by atoms with E-state index in [2.05, 4.69) is 41.5 Å². The van der Waals surface area contributed by atoms with Gasteiger partial charge in [-0.3, -0.25) is 40.6 Å². The zero-order valence-electron chi connectivity index (χ0n) is 26.2. The molecule has 260 valence electrons. The first kappa shape index (κ1) is 40.5. The van der Waals surface area contributed by atoms with Crippen LogP contribution in [-0.4, -0.2) is 19.8 Å². The van der Waals surface area contributed by atoms with Gasteiger partial charge in [-0.1, -0.05) is 72.8 Å². The van der Waals surface area contributed by atoms with Crippen LogP contribution >= 0.6 is 0 Å². The summed E-state index contributed by atoms with van der Waals surface area (Å²) in [4.78, 5) is 27.4. The molecule has 0 aliphatic heterocycles. The molecule has 0 saturated carbocycles. The summed E-state index contributed by atoms with van der Waals surface area (Å²) in [6.45, 7) is 0.